The van der Waals surface area contributed by atoms with Crippen LogP contribution in [0.2, 0.25) is 0 Å². The molecule has 22 heavy (non-hydrogen) atoms. The van der Waals surface area contributed by atoms with Crippen LogP contribution in [-0.4, -0.2) is 16.7 Å². The second kappa shape index (κ2) is 6.10. The maximum Gasteiger partial charge on any atom is 0.317 e. The lowest BCUT2D eigenvalue weighted by Gasteiger charge is -1.95. The average Bonchev–Trinajstić information content (AvgIpc) is 2.57. The molecule has 4 rings (SSSR count). The summed E-state index contributed by atoms with van der Waals surface area (Å²) in [6, 6.07) is 19.1. The van der Waals surface area contributed by atoms with E-state index in [0.717, 1.165) is 5.52 Å². The summed E-state index contributed by atoms with van der Waals surface area (Å²) in [6.45, 7) is 0. The number of nitrogens with zero attached hydrogens (tertiary/aromatic N) is 2. The van der Waals surface area contributed by atoms with Gasteiger partial charge >= 0.3 is 5.91 Å². The van der Waals surface area contributed by atoms with E-state index in [1.165, 1.54) is 11.5 Å². The van der Waals surface area contributed by atoms with Gasteiger partial charge in [-0.15, -0.1) is 0 Å². The third-order valence-corrected chi connectivity index (χ3v) is 3.17. The second-order valence-corrected chi connectivity index (χ2v) is 4.68. The quantitative estimate of drug-likeness (QED) is 0.588. The summed E-state index contributed by atoms with van der Waals surface area (Å²) in [4.78, 5) is 29.5. The molecular formula is C18H12N2O2. The largest absolute Gasteiger partial charge is 0.317 e. The summed E-state index contributed by atoms with van der Waals surface area (Å²) in [6.07, 6.45) is 3.12. The number of rotatable bonds is 0. The van der Waals surface area contributed by atoms with Crippen molar-refractivity contribution in [1.82, 2.24) is 4.98 Å². The van der Waals surface area contributed by atoms with Gasteiger partial charge in [0.1, 0.15) is 0 Å². The molecular weight excluding hydrogens is 276 g/mol. The van der Waals surface area contributed by atoms with Crippen LogP contribution in [0.3, 0.4) is 0 Å². The van der Waals surface area contributed by atoms with Crippen LogP contribution in [-0.2, 0) is 9.59 Å². The first kappa shape index (κ1) is 13.8. The number of carbonyl (C=O) groups excluding carboxylic acids is 2. The Labute approximate surface area is 126 Å². The number of carbonyl (C=O) groups is 2. The van der Waals surface area contributed by atoms with Crippen molar-refractivity contribution < 1.29 is 9.59 Å². The van der Waals surface area contributed by atoms with Gasteiger partial charge in [-0.3, -0.25) is 14.6 Å². The fraction of sp³-hybridized carbons (Fsp3) is 0. The van der Waals surface area contributed by atoms with E-state index in [1.54, 1.807) is 24.3 Å². The molecule has 4 nitrogen and oxygen atoms in total. The Morgan fingerprint density at radius 3 is 2.36 bits per heavy atom. The van der Waals surface area contributed by atoms with E-state index in [2.05, 4.69) is 22.1 Å². The topological polar surface area (TPSA) is 59.4 Å². The third kappa shape index (κ3) is 2.96. The first-order valence-electron chi connectivity index (χ1n) is 6.77. The molecule has 3 aromatic rings. The number of para-hydroxylation sites is 2. The lowest BCUT2D eigenvalue weighted by Crippen LogP contribution is -2.33. The fourth-order valence-electron chi connectivity index (χ4n) is 2.09. The monoisotopic (exact) mass is 288 g/mol. The maximum absolute atomic E-state index is 10.9. The van der Waals surface area contributed by atoms with Gasteiger partial charge in [0.2, 0.25) is 5.78 Å². The first-order chi connectivity index (χ1) is 10.7. The maximum atomic E-state index is 10.9. The van der Waals surface area contributed by atoms with Crippen LogP contribution in [0.1, 0.15) is 0 Å². The van der Waals surface area contributed by atoms with E-state index in [4.69, 9.17) is 0 Å². The highest BCUT2D eigenvalue weighted by Gasteiger charge is 2.11. The van der Waals surface area contributed by atoms with Gasteiger partial charge in [-0.2, -0.15) is 0 Å². The summed E-state index contributed by atoms with van der Waals surface area (Å²) >= 11 is 0. The minimum atomic E-state index is -0.686. The zero-order valence-corrected chi connectivity index (χ0v) is 11.6. The van der Waals surface area contributed by atoms with E-state index >= 15 is 0 Å². The predicted molar refractivity (Wildman–Crippen MR) is 83.4 cm³/mol. The first-order valence-corrected chi connectivity index (χ1v) is 6.77. The normalized spacial score (nSPS) is 12.5. The van der Waals surface area contributed by atoms with E-state index < -0.39 is 11.7 Å². The van der Waals surface area contributed by atoms with Crippen molar-refractivity contribution in [3.8, 4) is 0 Å². The molecule has 0 aliphatic carbocycles. The van der Waals surface area contributed by atoms with Crippen LogP contribution in [0.15, 0.2) is 71.9 Å². The Morgan fingerprint density at radius 2 is 1.50 bits per heavy atom. The van der Waals surface area contributed by atoms with Gasteiger partial charge in [0.15, 0.2) is 0 Å². The number of amides is 1. The van der Waals surface area contributed by atoms with E-state index in [9.17, 15) is 9.59 Å². The molecule has 2 heterocycles. The van der Waals surface area contributed by atoms with Crippen molar-refractivity contribution in [2.75, 3.05) is 0 Å². The summed E-state index contributed by atoms with van der Waals surface area (Å²) in [5, 5.41) is 2.48. The highest BCUT2D eigenvalue weighted by molar-refractivity contribution is 6.48. The van der Waals surface area contributed by atoms with E-state index in [0.29, 0.717) is 10.6 Å². The van der Waals surface area contributed by atoms with Crippen molar-refractivity contribution in [3.63, 3.8) is 0 Å². The number of hydrogen-bond donors (Lipinski definition) is 0. The zero-order valence-electron chi connectivity index (χ0n) is 11.6. The number of aromatic nitrogens is 1. The molecule has 0 saturated heterocycles. The number of benzene rings is 2. The standard InChI is InChI=1S/C9H5NO2.C9H7N/c11-8-5-6-3-1-2-4-7(6)10-9(8)12;1-2-6-9-8(4-1)5-3-7-10-9/h1-5H;1-7H. The Kier molecular flexibility index (Phi) is 3.83. The van der Waals surface area contributed by atoms with Crippen LogP contribution in [0.25, 0.3) is 17.0 Å². The Hall–Kier alpha value is -3.14. The van der Waals surface area contributed by atoms with Crippen LogP contribution in [0.4, 0.5) is 0 Å². The van der Waals surface area contributed by atoms with Gasteiger partial charge in [0, 0.05) is 22.9 Å². The van der Waals surface area contributed by atoms with Gasteiger partial charge in [-0.25, -0.2) is 4.99 Å². The van der Waals surface area contributed by atoms with Crippen molar-refractivity contribution in [3.05, 3.63) is 77.4 Å². The summed E-state index contributed by atoms with van der Waals surface area (Å²) in [5.41, 5.74) is 1.06. The number of ketones is 1. The fourth-order valence-corrected chi connectivity index (χ4v) is 2.09. The molecule has 106 valence electrons. The minimum Gasteiger partial charge on any atom is -0.284 e. The summed E-state index contributed by atoms with van der Waals surface area (Å²) in [5.74, 6) is -1.23. The molecule has 0 radical (unpaired) electrons. The van der Waals surface area contributed by atoms with Crippen LogP contribution < -0.4 is 10.6 Å². The van der Waals surface area contributed by atoms with Gasteiger partial charge in [0.25, 0.3) is 0 Å². The highest BCUT2D eigenvalue weighted by atomic mass is 16.2. The number of Topliss-reactive ketones (excluding diaryl/α,β-unsaturated/α-hetero) is 1. The lowest BCUT2D eigenvalue weighted by molar-refractivity contribution is -0.132. The molecule has 0 unspecified atom stereocenters. The van der Waals surface area contributed by atoms with Gasteiger partial charge in [-0.1, -0.05) is 42.5 Å². The smallest absolute Gasteiger partial charge is 0.284 e. The molecule has 1 amide bonds. The molecule has 0 spiro atoms. The number of hydrogen-bond acceptors (Lipinski definition) is 3. The second-order valence-electron chi connectivity index (χ2n) is 4.68. The van der Waals surface area contributed by atoms with Gasteiger partial charge < -0.3 is 0 Å². The predicted octanol–water partition coefficient (Wildman–Crippen LogP) is 1.43. The average molecular weight is 288 g/mol. The molecule has 0 atom stereocenters. The summed E-state index contributed by atoms with van der Waals surface area (Å²) < 4.78 is 0. The Balaban J connectivity index is 0.000000133. The molecule has 4 heteroatoms. The van der Waals surface area contributed by atoms with Crippen LogP contribution in [0.5, 0.6) is 0 Å². The van der Waals surface area contributed by atoms with Crippen LogP contribution in [0, 0.1) is 0 Å². The molecule has 1 aliphatic rings. The molecule has 0 fully saturated rings. The van der Waals surface area contributed by atoms with Crippen molar-refractivity contribution in [2.45, 2.75) is 0 Å². The molecule has 0 saturated carbocycles. The molecule has 1 aliphatic heterocycles. The van der Waals surface area contributed by atoms with E-state index in [-0.39, 0.29) is 0 Å². The SMILES string of the molecule is O=C1C=c2ccccc2=NC1=O.c1ccc2ncccc2c1. The lowest BCUT2D eigenvalue weighted by atomic mass is 10.2. The van der Waals surface area contributed by atoms with Crippen molar-refractivity contribution in [1.29, 1.82) is 0 Å². The number of fused-ring (bicyclic) bond motifs is 2. The van der Waals surface area contributed by atoms with Gasteiger partial charge in [0.05, 0.1) is 10.9 Å². The van der Waals surface area contributed by atoms with Crippen molar-refractivity contribution >= 4 is 28.7 Å². The molecule has 0 bridgehead atoms. The molecule has 0 N–H and O–H groups in total. The van der Waals surface area contributed by atoms with Gasteiger partial charge in [-0.05, 0) is 18.2 Å². The highest BCUT2D eigenvalue weighted by Crippen LogP contribution is 2.07. The molecule has 1 aromatic heterocycles. The molecule has 2 aromatic carbocycles. The summed E-state index contributed by atoms with van der Waals surface area (Å²) in [7, 11) is 0. The van der Waals surface area contributed by atoms with Crippen molar-refractivity contribution in [2.24, 2.45) is 4.99 Å². The minimum absolute atomic E-state index is 0.547. The Bertz CT molecular complexity index is 867. The Morgan fingerprint density at radius 1 is 0.773 bits per heavy atom. The number of pyridine rings is 1. The van der Waals surface area contributed by atoms with Crippen LogP contribution >= 0.6 is 0 Å². The third-order valence-electron chi connectivity index (χ3n) is 3.17. The zero-order chi connectivity index (χ0) is 15.4. The van der Waals surface area contributed by atoms with E-state index in [1.807, 2.05) is 30.5 Å².